The van der Waals surface area contributed by atoms with Crippen LogP contribution in [0.3, 0.4) is 0 Å². The predicted molar refractivity (Wildman–Crippen MR) is 110 cm³/mol. The van der Waals surface area contributed by atoms with Crippen LogP contribution in [-0.4, -0.2) is 42.5 Å². The molecule has 1 N–H and O–H groups in total. The monoisotopic (exact) mass is 418 g/mol. The molecule has 0 radical (unpaired) electrons. The molecule has 7 nitrogen and oxygen atoms in total. The zero-order valence-electron chi connectivity index (χ0n) is 17.3. The number of hydrogen-bond acceptors (Lipinski definition) is 7. The van der Waals surface area contributed by atoms with Gasteiger partial charge in [-0.3, -0.25) is 19.2 Å². The standard InChI is InChI=1S/C24H18O7/c1-10-7-13-19(17(8-10)30-3)16(26)9-14(22(13)28)18-11(2)21(27)12-5-6-15(25)24(31-4)20(12)23(18)29/h5-9,25H,1-4H3. The summed E-state index contributed by atoms with van der Waals surface area (Å²) in [6.45, 7) is 3.19. The Labute approximate surface area is 177 Å². The number of rotatable bonds is 3. The van der Waals surface area contributed by atoms with Gasteiger partial charge in [0.2, 0.25) is 0 Å². The van der Waals surface area contributed by atoms with Crippen LogP contribution >= 0.6 is 0 Å². The molecule has 0 fully saturated rings. The van der Waals surface area contributed by atoms with Crippen molar-refractivity contribution in [3.05, 3.63) is 74.9 Å². The third-order valence-electron chi connectivity index (χ3n) is 5.50. The maximum absolute atomic E-state index is 13.4. The Morgan fingerprint density at radius 3 is 2.16 bits per heavy atom. The molecule has 156 valence electrons. The summed E-state index contributed by atoms with van der Waals surface area (Å²) < 4.78 is 10.4. The number of ketones is 4. The third-order valence-corrected chi connectivity index (χ3v) is 5.50. The van der Waals surface area contributed by atoms with Crippen LogP contribution in [0.2, 0.25) is 0 Å². The second-order valence-electron chi connectivity index (χ2n) is 7.34. The Bertz CT molecular complexity index is 1290. The molecule has 2 aromatic carbocycles. The van der Waals surface area contributed by atoms with Crippen molar-refractivity contribution in [3.63, 3.8) is 0 Å². The number of allylic oxidation sites excluding steroid dienone is 4. The van der Waals surface area contributed by atoms with E-state index in [1.54, 1.807) is 19.1 Å². The van der Waals surface area contributed by atoms with Crippen LogP contribution in [0.1, 0.15) is 53.9 Å². The van der Waals surface area contributed by atoms with E-state index in [0.717, 1.165) is 6.08 Å². The van der Waals surface area contributed by atoms with Crippen LogP contribution in [0.5, 0.6) is 17.2 Å². The number of methoxy groups -OCH3 is 2. The molecule has 0 aliphatic heterocycles. The van der Waals surface area contributed by atoms with Crippen molar-refractivity contribution >= 4 is 23.1 Å². The minimum atomic E-state index is -0.671. The Balaban J connectivity index is 1.95. The first-order valence-corrected chi connectivity index (χ1v) is 9.41. The van der Waals surface area contributed by atoms with Crippen LogP contribution < -0.4 is 9.47 Å². The first-order valence-electron chi connectivity index (χ1n) is 9.41. The van der Waals surface area contributed by atoms with Crippen molar-refractivity contribution in [1.29, 1.82) is 0 Å². The van der Waals surface area contributed by atoms with E-state index in [4.69, 9.17) is 9.47 Å². The number of hydrogen-bond donors (Lipinski definition) is 1. The van der Waals surface area contributed by atoms with E-state index in [1.807, 2.05) is 0 Å². The van der Waals surface area contributed by atoms with Gasteiger partial charge in [-0.1, -0.05) is 0 Å². The number of carbonyl (C=O) groups excluding carboxylic acids is 4. The molecule has 2 aliphatic carbocycles. The average Bonchev–Trinajstić information content (AvgIpc) is 2.74. The number of fused-ring (bicyclic) bond motifs is 2. The van der Waals surface area contributed by atoms with Crippen molar-refractivity contribution < 1.29 is 33.8 Å². The van der Waals surface area contributed by atoms with Crippen molar-refractivity contribution in [3.8, 4) is 17.2 Å². The Morgan fingerprint density at radius 2 is 1.52 bits per heavy atom. The molecule has 0 spiro atoms. The largest absolute Gasteiger partial charge is 0.504 e. The first-order chi connectivity index (χ1) is 14.7. The van der Waals surface area contributed by atoms with Gasteiger partial charge in [-0.05, 0) is 49.8 Å². The number of aryl methyl sites for hydroxylation is 1. The SMILES string of the molecule is COc1cc(C)cc2c1C(=O)C=C(C1=C(C)C(=O)c3ccc(O)c(OC)c3C1=O)C2=O. The average molecular weight is 418 g/mol. The summed E-state index contributed by atoms with van der Waals surface area (Å²) in [7, 11) is 2.66. The number of aromatic hydroxyl groups is 1. The lowest BCUT2D eigenvalue weighted by Crippen LogP contribution is -2.28. The molecule has 0 heterocycles. The van der Waals surface area contributed by atoms with Gasteiger partial charge in [0, 0.05) is 27.8 Å². The minimum Gasteiger partial charge on any atom is -0.504 e. The molecular formula is C24H18O7. The zero-order valence-corrected chi connectivity index (χ0v) is 17.3. The van der Waals surface area contributed by atoms with Gasteiger partial charge in [-0.25, -0.2) is 0 Å². The second kappa shape index (κ2) is 7.05. The fourth-order valence-electron chi connectivity index (χ4n) is 4.08. The number of phenols is 1. The fraction of sp³-hybridized carbons (Fsp3) is 0.167. The lowest BCUT2D eigenvalue weighted by atomic mass is 9.76. The number of phenolic OH excluding ortho intramolecular Hbond substituents is 1. The van der Waals surface area contributed by atoms with Crippen molar-refractivity contribution in [2.24, 2.45) is 0 Å². The summed E-state index contributed by atoms with van der Waals surface area (Å²) in [5, 5.41) is 10.1. The highest BCUT2D eigenvalue weighted by atomic mass is 16.5. The van der Waals surface area contributed by atoms with Gasteiger partial charge in [0.25, 0.3) is 0 Å². The molecule has 0 unspecified atom stereocenters. The highest BCUT2D eigenvalue weighted by Gasteiger charge is 2.40. The van der Waals surface area contributed by atoms with E-state index < -0.39 is 23.1 Å². The van der Waals surface area contributed by atoms with E-state index in [2.05, 4.69) is 0 Å². The van der Waals surface area contributed by atoms with Gasteiger partial charge < -0.3 is 14.6 Å². The Morgan fingerprint density at radius 1 is 0.806 bits per heavy atom. The van der Waals surface area contributed by atoms with Crippen LogP contribution in [-0.2, 0) is 0 Å². The first kappa shape index (κ1) is 20.3. The van der Waals surface area contributed by atoms with E-state index >= 15 is 0 Å². The van der Waals surface area contributed by atoms with Crippen LogP contribution in [0.4, 0.5) is 0 Å². The van der Waals surface area contributed by atoms with E-state index in [0.29, 0.717) is 5.56 Å². The van der Waals surface area contributed by atoms with Gasteiger partial charge in [0.05, 0.1) is 25.3 Å². The number of ether oxygens (including phenoxy) is 2. The molecule has 2 aromatic rings. The zero-order chi connectivity index (χ0) is 22.6. The highest BCUT2D eigenvalue weighted by molar-refractivity contribution is 6.36. The summed E-state index contributed by atoms with van der Waals surface area (Å²) in [6.07, 6.45) is 1.06. The van der Waals surface area contributed by atoms with Crippen molar-refractivity contribution in [1.82, 2.24) is 0 Å². The molecule has 0 amide bonds. The Hall–Kier alpha value is -4.00. The molecule has 7 heteroatoms. The lowest BCUT2D eigenvalue weighted by Gasteiger charge is -2.25. The number of carbonyl (C=O) groups is 4. The summed E-state index contributed by atoms with van der Waals surface area (Å²) in [5.74, 6) is -2.43. The minimum absolute atomic E-state index is 0.0423. The molecule has 0 atom stereocenters. The smallest absolute Gasteiger partial charge is 0.198 e. The summed E-state index contributed by atoms with van der Waals surface area (Å²) in [5.41, 5.74) is 0.546. The number of benzene rings is 2. The highest BCUT2D eigenvalue weighted by Crippen LogP contribution is 2.42. The van der Waals surface area contributed by atoms with Crippen LogP contribution in [0.15, 0.2) is 47.1 Å². The quantitative estimate of drug-likeness (QED) is 0.814. The van der Waals surface area contributed by atoms with Gasteiger partial charge in [0.1, 0.15) is 5.75 Å². The maximum Gasteiger partial charge on any atom is 0.198 e. The van der Waals surface area contributed by atoms with E-state index in [1.165, 1.54) is 33.3 Å². The van der Waals surface area contributed by atoms with Gasteiger partial charge in [0.15, 0.2) is 34.6 Å². The van der Waals surface area contributed by atoms with Gasteiger partial charge in [-0.15, -0.1) is 0 Å². The molecule has 0 saturated carbocycles. The molecular weight excluding hydrogens is 400 g/mol. The summed E-state index contributed by atoms with van der Waals surface area (Å²) >= 11 is 0. The van der Waals surface area contributed by atoms with Crippen LogP contribution in [0.25, 0.3) is 0 Å². The number of Topliss-reactive ketones (excluding diaryl/α,β-unsaturated/α-hetero) is 3. The molecule has 31 heavy (non-hydrogen) atoms. The van der Waals surface area contributed by atoms with E-state index in [-0.39, 0.29) is 56.2 Å². The normalized spacial score (nSPS) is 15.5. The summed E-state index contributed by atoms with van der Waals surface area (Å²) in [6, 6.07) is 5.80. The predicted octanol–water partition coefficient (Wildman–Crippen LogP) is 3.42. The maximum atomic E-state index is 13.4. The second-order valence-corrected chi connectivity index (χ2v) is 7.34. The topological polar surface area (TPSA) is 107 Å². The Kier molecular flexibility index (Phi) is 4.61. The third kappa shape index (κ3) is 2.81. The fourth-order valence-corrected chi connectivity index (χ4v) is 4.08. The molecule has 4 rings (SSSR count). The van der Waals surface area contributed by atoms with Crippen molar-refractivity contribution in [2.75, 3.05) is 14.2 Å². The van der Waals surface area contributed by atoms with Gasteiger partial charge >= 0.3 is 0 Å². The van der Waals surface area contributed by atoms with Crippen molar-refractivity contribution in [2.45, 2.75) is 13.8 Å². The lowest BCUT2D eigenvalue weighted by molar-refractivity contribution is 0.0954. The molecule has 0 aromatic heterocycles. The summed E-state index contributed by atoms with van der Waals surface area (Å²) in [4.78, 5) is 52.7. The van der Waals surface area contributed by atoms with Gasteiger partial charge in [-0.2, -0.15) is 0 Å². The molecule has 0 bridgehead atoms. The molecule has 0 saturated heterocycles. The van der Waals surface area contributed by atoms with Crippen LogP contribution in [0, 0.1) is 6.92 Å². The van der Waals surface area contributed by atoms with E-state index in [9.17, 15) is 24.3 Å². The molecule has 2 aliphatic rings.